The molecule has 0 unspecified atom stereocenters. The molecule has 4 rings (SSSR count). The highest BCUT2D eigenvalue weighted by Gasteiger charge is 2.15. The smallest absolute Gasteiger partial charge is 0.257 e. The molecule has 3 aromatic carbocycles. The van der Waals surface area contributed by atoms with Crippen LogP contribution in [0, 0.1) is 12.7 Å². The third kappa shape index (κ3) is 5.09. The Hall–Kier alpha value is -3.78. The van der Waals surface area contributed by atoms with E-state index in [2.05, 4.69) is 20.6 Å². The van der Waals surface area contributed by atoms with E-state index in [-0.39, 0.29) is 17.5 Å². The van der Waals surface area contributed by atoms with Crippen LogP contribution < -0.4 is 10.6 Å². The molecule has 0 saturated carbocycles. The first-order valence-electron chi connectivity index (χ1n) is 9.81. The molecule has 1 heterocycles. The summed E-state index contributed by atoms with van der Waals surface area (Å²) in [6.45, 7) is 1.81. The summed E-state index contributed by atoms with van der Waals surface area (Å²) >= 11 is 1.31. The molecule has 1 aromatic heterocycles. The minimum atomic E-state index is -0.405. The summed E-state index contributed by atoms with van der Waals surface area (Å²) in [5.74, 6) is -0.307. The number of fused-ring (bicyclic) bond motifs is 1. The van der Waals surface area contributed by atoms with Crippen LogP contribution in [0.3, 0.4) is 0 Å². The van der Waals surface area contributed by atoms with Crippen LogP contribution in [0.25, 0.3) is 10.9 Å². The van der Waals surface area contributed by atoms with E-state index >= 15 is 0 Å². The van der Waals surface area contributed by atoms with E-state index in [0.29, 0.717) is 22.8 Å². The van der Waals surface area contributed by atoms with Crippen LogP contribution in [-0.4, -0.2) is 27.5 Å². The first kappa shape index (κ1) is 21.5. The molecule has 0 fully saturated rings. The zero-order chi connectivity index (χ0) is 22.5. The SMILES string of the molecule is Cc1nc(SCC(=O)Nc2ccccc2C(=O)Nc2ccc(F)cc2)c2ccccc2n1. The summed E-state index contributed by atoms with van der Waals surface area (Å²) in [6, 6.07) is 19.8. The van der Waals surface area contributed by atoms with Crippen molar-refractivity contribution in [2.75, 3.05) is 16.4 Å². The Labute approximate surface area is 188 Å². The number of nitrogens with zero attached hydrogens (tertiary/aromatic N) is 2. The van der Waals surface area contributed by atoms with Gasteiger partial charge in [0.1, 0.15) is 16.7 Å². The quantitative estimate of drug-likeness (QED) is 0.319. The molecule has 160 valence electrons. The number of para-hydroxylation sites is 2. The summed E-state index contributed by atoms with van der Waals surface area (Å²) in [4.78, 5) is 34.2. The number of benzene rings is 3. The molecule has 4 aromatic rings. The Morgan fingerprint density at radius 1 is 0.906 bits per heavy atom. The summed E-state index contributed by atoms with van der Waals surface area (Å²) in [7, 11) is 0. The average Bonchev–Trinajstić information content (AvgIpc) is 2.79. The number of aromatic nitrogens is 2. The number of nitrogens with one attached hydrogen (secondary N) is 2. The maximum Gasteiger partial charge on any atom is 0.257 e. The minimum absolute atomic E-state index is 0.119. The van der Waals surface area contributed by atoms with Gasteiger partial charge in [-0.2, -0.15) is 0 Å². The highest BCUT2D eigenvalue weighted by molar-refractivity contribution is 8.00. The number of thioether (sulfide) groups is 1. The predicted octanol–water partition coefficient (Wildman–Crippen LogP) is 5.06. The number of carbonyl (C=O) groups excluding carboxylic acids is 2. The summed E-state index contributed by atoms with van der Waals surface area (Å²) in [5.41, 5.74) is 1.98. The Balaban J connectivity index is 1.45. The monoisotopic (exact) mass is 446 g/mol. The Morgan fingerprint density at radius 3 is 2.44 bits per heavy atom. The van der Waals surface area contributed by atoms with Crippen molar-refractivity contribution in [1.82, 2.24) is 9.97 Å². The van der Waals surface area contributed by atoms with Gasteiger partial charge in [-0.05, 0) is 49.4 Å². The van der Waals surface area contributed by atoms with Gasteiger partial charge in [0.15, 0.2) is 0 Å². The number of rotatable bonds is 6. The molecule has 0 aliphatic carbocycles. The van der Waals surface area contributed by atoms with Crippen LogP contribution in [-0.2, 0) is 4.79 Å². The highest BCUT2D eigenvalue weighted by Crippen LogP contribution is 2.25. The summed E-state index contributed by atoms with van der Waals surface area (Å²) < 4.78 is 13.1. The normalized spacial score (nSPS) is 10.7. The fourth-order valence-electron chi connectivity index (χ4n) is 3.11. The van der Waals surface area contributed by atoms with Gasteiger partial charge in [0.25, 0.3) is 5.91 Å². The van der Waals surface area contributed by atoms with Crippen LogP contribution in [0.5, 0.6) is 0 Å². The van der Waals surface area contributed by atoms with Crippen LogP contribution in [0.4, 0.5) is 15.8 Å². The standard InChI is InChI=1S/C24H19FN4O2S/c1-15-26-21-9-5-3-7-19(21)24(27-15)32-14-22(30)29-20-8-4-2-6-18(20)23(31)28-17-12-10-16(25)11-13-17/h2-13H,14H2,1H3,(H,28,31)(H,29,30). The van der Waals surface area contributed by atoms with Crippen molar-refractivity contribution in [3.63, 3.8) is 0 Å². The molecule has 0 radical (unpaired) electrons. The molecule has 32 heavy (non-hydrogen) atoms. The van der Waals surface area contributed by atoms with E-state index in [4.69, 9.17) is 0 Å². The molecular weight excluding hydrogens is 427 g/mol. The van der Waals surface area contributed by atoms with Crippen molar-refractivity contribution in [1.29, 1.82) is 0 Å². The van der Waals surface area contributed by atoms with Gasteiger partial charge in [-0.1, -0.05) is 42.1 Å². The molecule has 0 atom stereocenters. The van der Waals surface area contributed by atoms with Crippen LogP contribution in [0.2, 0.25) is 0 Å². The fourth-order valence-corrected chi connectivity index (χ4v) is 3.98. The van der Waals surface area contributed by atoms with Gasteiger partial charge in [0.2, 0.25) is 5.91 Å². The molecule has 0 bridgehead atoms. The van der Waals surface area contributed by atoms with Gasteiger partial charge in [-0.3, -0.25) is 9.59 Å². The predicted molar refractivity (Wildman–Crippen MR) is 124 cm³/mol. The lowest BCUT2D eigenvalue weighted by molar-refractivity contribution is -0.113. The van der Waals surface area contributed by atoms with E-state index in [9.17, 15) is 14.0 Å². The van der Waals surface area contributed by atoms with Crippen molar-refractivity contribution in [3.8, 4) is 0 Å². The molecule has 0 aliphatic rings. The molecular formula is C24H19FN4O2S. The summed E-state index contributed by atoms with van der Waals surface area (Å²) in [5, 5.41) is 7.11. The van der Waals surface area contributed by atoms with E-state index in [1.54, 1.807) is 24.3 Å². The summed E-state index contributed by atoms with van der Waals surface area (Å²) in [6.07, 6.45) is 0. The second-order valence-corrected chi connectivity index (χ2v) is 7.90. The maximum absolute atomic E-state index is 13.1. The second-order valence-electron chi connectivity index (χ2n) is 6.94. The number of aryl methyl sites for hydroxylation is 1. The van der Waals surface area contributed by atoms with Gasteiger partial charge in [-0.15, -0.1) is 0 Å². The van der Waals surface area contributed by atoms with Crippen LogP contribution >= 0.6 is 11.8 Å². The Kier molecular flexibility index (Phi) is 6.42. The van der Waals surface area contributed by atoms with E-state index in [1.165, 1.54) is 36.0 Å². The zero-order valence-corrected chi connectivity index (χ0v) is 17.9. The van der Waals surface area contributed by atoms with Gasteiger partial charge in [0.05, 0.1) is 22.5 Å². The first-order chi connectivity index (χ1) is 15.5. The number of anilines is 2. The molecule has 2 amide bonds. The minimum Gasteiger partial charge on any atom is -0.325 e. The van der Waals surface area contributed by atoms with Gasteiger partial charge >= 0.3 is 0 Å². The number of halogens is 1. The van der Waals surface area contributed by atoms with Crippen molar-refractivity contribution < 1.29 is 14.0 Å². The van der Waals surface area contributed by atoms with Gasteiger partial charge < -0.3 is 10.6 Å². The molecule has 0 aliphatic heterocycles. The average molecular weight is 447 g/mol. The van der Waals surface area contributed by atoms with Crippen LogP contribution in [0.1, 0.15) is 16.2 Å². The Bertz CT molecular complexity index is 1290. The molecule has 2 N–H and O–H groups in total. The number of carbonyl (C=O) groups is 2. The number of hydrogen-bond donors (Lipinski definition) is 2. The third-order valence-electron chi connectivity index (χ3n) is 4.57. The fraction of sp³-hybridized carbons (Fsp3) is 0.0833. The number of amides is 2. The maximum atomic E-state index is 13.1. The van der Waals surface area contributed by atoms with E-state index in [0.717, 1.165) is 15.9 Å². The van der Waals surface area contributed by atoms with E-state index < -0.39 is 5.91 Å². The third-order valence-corrected chi connectivity index (χ3v) is 5.56. The topological polar surface area (TPSA) is 84.0 Å². The molecule has 0 saturated heterocycles. The van der Waals surface area contributed by atoms with Crippen molar-refractivity contribution in [2.24, 2.45) is 0 Å². The molecule has 6 nitrogen and oxygen atoms in total. The lowest BCUT2D eigenvalue weighted by Crippen LogP contribution is -2.19. The number of hydrogen-bond acceptors (Lipinski definition) is 5. The van der Waals surface area contributed by atoms with E-state index in [1.807, 2.05) is 31.2 Å². The Morgan fingerprint density at radius 2 is 1.62 bits per heavy atom. The van der Waals surface area contributed by atoms with Gasteiger partial charge in [0, 0.05) is 11.1 Å². The van der Waals surface area contributed by atoms with Crippen LogP contribution in [0.15, 0.2) is 77.8 Å². The van der Waals surface area contributed by atoms with Crippen molar-refractivity contribution in [3.05, 3.63) is 90.0 Å². The van der Waals surface area contributed by atoms with Crippen molar-refractivity contribution in [2.45, 2.75) is 11.9 Å². The zero-order valence-electron chi connectivity index (χ0n) is 17.1. The lowest BCUT2D eigenvalue weighted by atomic mass is 10.1. The highest BCUT2D eigenvalue weighted by atomic mass is 32.2. The van der Waals surface area contributed by atoms with Crippen molar-refractivity contribution >= 4 is 45.9 Å². The lowest BCUT2D eigenvalue weighted by Gasteiger charge is -2.12. The largest absolute Gasteiger partial charge is 0.325 e. The van der Waals surface area contributed by atoms with Gasteiger partial charge in [-0.25, -0.2) is 14.4 Å². The molecule has 8 heteroatoms. The molecule has 0 spiro atoms. The second kappa shape index (κ2) is 9.57. The first-order valence-corrected chi connectivity index (χ1v) is 10.8.